The second-order valence-electron chi connectivity index (χ2n) is 8.10. The number of aliphatic hydroxyl groups is 1. The van der Waals surface area contributed by atoms with Crippen molar-refractivity contribution in [1.29, 1.82) is 0 Å². The maximum Gasteiger partial charge on any atom is 0.328 e. The minimum atomic E-state index is -1.26. The van der Waals surface area contributed by atoms with Gasteiger partial charge < -0.3 is 15.3 Å². The fourth-order valence-electron chi connectivity index (χ4n) is 3.97. The van der Waals surface area contributed by atoms with Crippen molar-refractivity contribution in [2.75, 3.05) is 32.7 Å². The number of benzene rings is 1. The van der Waals surface area contributed by atoms with Crippen LogP contribution in [0.25, 0.3) is 0 Å². The summed E-state index contributed by atoms with van der Waals surface area (Å²) in [6.45, 7) is 8.16. The van der Waals surface area contributed by atoms with Crippen molar-refractivity contribution in [3.63, 3.8) is 0 Å². The molecule has 166 valence electrons. The lowest BCUT2D eigenvalue weighted by atomic mass is 10.00. The molecule has 7 heteroatoms. The van der Waals surface area contributed by atoms with Crippen molar-refractivity contribution < 1.29 is 24.9 Å². The van der Waals surface area contributed by atoms with E-state index in [9.17, 15) is 14.7 Å². The fraction of sp³-hybridized carbons (Fsp3) is 0.565. The van der Waals surface area contributed by atoms with E-state index in [-0.39, 0.29) is 6.10 Å². The summed E-state index contributed by atoms with van der Waals surface area (Å²) >= 11 is 0. The number of nitrogens with zero attached hydrogens (tertiary/aromatic N) is 2. The maximum absolute atomic E-state index is 9.55. The van der Waals surface area contributed by atoms with Crippen molar-refractivity contribution >= 4 is 11.9 Å². The highest BCUT2D eigenvalue weighted by atomic mass is 16.4. The average Bonchev–Trinajstić information content (AvgIpc) is 2.93. The molecule has 3 N–H and O–H groups in total. The Bertz CT molecular complexity index is 708. The van der Waals surface area contributed by atoms with E-state index in [1.165, 1.54) is 37.7 Å². The second kappa shape index (κ2) is 12.5. The van der Waals surface area contributed by atoms with Crippen LogP contribution in [0.2, 0.25) is 0 Å². The normalized spacial score (nSPS) is 18.7. The number of aliphatic hydroxyl groups excluding tert-OH is 1. The number of fused-ring (bicyclic) bond motifs is 1. The lowest BCUT2D eigenvalue weighted by Crippen LogP contribution is -2.47. The van der Waals surface area contributed by atoms with E-state index in [0.717, 1.165) is 39.3 Å². The van der Waals surface area contributed by atoms with Crippen LogP contribution < -0.4 is 0 Å². The number of hydrogen-bond donors (Lipinski definition) is 3. The van der Waals surface area contributed by atoms with Gasteiger partial charge in [0.05, 0.1) is 6.10 Å². The molecule has 0 bridgehead atoms. The van der Waals surface area contributed by atoms with Crippen LogP contribution in [-0.4, -0.2) is 75.9 Å². The highest BCUT2D eigenvalue weighted by Gasteiger charge is 2.18. The number of carboxylic acids is 2. The average molecular weight is 419 g/mol. The minimum absolute atomic E-state index is 0.212. The Morgan fingerprint density at radius 3 is 2.07 bits per heavy atom. The Hall–Kier alpha value is -2.22. The zero-order chi connectivity index (χ0) is 21.9. The Kier molecular flexibility index (Phi) is 10.00. The number of rotatable bonds is 6. The first-order valence-electron chi connectivity index (χ1n) is 10.7. The molecule has 0 spiro atoms. The summed E-state index contributed by atoms with van der Waals surface area (Å²) in [5.74, 6) is -2.51. The largest absolute Gasteiger partial charge is 0.478 e. The van der Waals surface area contributed by atoms with Gasteiger partial charge in [0.1, 0.15) is 0 Å². The predicted octanol–water partition coefficient (Wildman–Crippen LogP) is 2.17. The molecular formula is C23H34N2O5. The first-order chi connectivity index (χ1) is 14.3. The van der Waals surface area contributed by atoms with Gasteiger partial charge in [0.2, 0.25) is 0 Å². The Morgan fingerprint density at radius 1 is 0.933 bits per heavy atom. The number of β-amino-alcohol motifs (C(OH)–C–C–N with tert-alkyl or cyclic N) is 1. The molecule has 1 saturated heterocycles. The van der Waals surface area contributed by atoms with Gasteiger partial charge in [-0.3, -0.25) is 9.80 Å². The fourth-order valence-corrected chi connectivity index (χ4v) is 3.97. The van der Waals surface area contributed by atoms with Gasteiger partial charge in [-0.05, 0) is 49.3 Å². The summed E-state index contributed by atoms with van der Waals surface area (Å²) in [5.41, 5.74) is 4.66. The molecule has 3 rings (SSSR count). The number of aliphatic carboxylic acids is 2. The van der Waals surface area contributed by atoms with Crippen LogP contribution in [0.15, 0.2) is 30.4 Å². The first kappa shape index (κ1) is 24.1. The molecular weight excluding hydrogens is 384 g/mol. The van der Waals surface area contributed by atoms with Crippen molar-refractivity contribution in [2.45, 2.75) is 51.7 Å². The number of piperazine rings is 1. The van der Waals surface area contributed by atoms with Gasteiger partial charge in [-0.1, -0.05) is 24.6 Å². The Morgan fingerprint density at radius 2 is 1.50 bits per heavy atom. The van der Waals surface area contributed by atoms with Gasteiger partial charge in [-0.15, -0.1) is 0 Å². The van der Waals surface area contributed by atoms with E-state index < -0.39 is 11.9 Å². The molecule has 2 aliphatic rings. The highest BCUT2D eigenvalue weighted by molar-refractivity contribution is 5.89. The molecule has 1 aliphatic carbocycles. The lowest BCUT2D eigenvalue weighted by Gasteiger charge is -2.35. The molecule has 1 atom stereocenters. The van der Waals surface area contributed by atoms with E-state index in [2.05, 4.69) is 28.0 Å². The maximum atomic E-state index is 9.55. The van der Waals surface area contributed by atoms with Gasteiger partial charge in [0.15, 0.2) is 0 Å². The summed E-state index contributed by atoms with van der Waals surface area (Å²) in [5, 5.41) is 25.1. The molecule has 0 amide bonds. The molecule has 1 unspecified atom stereocenters. The molecule has 30 heavy (non-hydrogen) atoms. The summed E-state index contributed by atoms with van der Waals surface area (Å²) in [6.07, 6.45) is 7.54. The van der Waals surface area contributed by atoms with Gasteiger partial charge in [0.25, 0.3) is 0 Å². The van der Waals surface area contributed by atoms with Crippen LogP contribution in [0.3, 0.4) is 0 Å². The number of hydrogen-bond acceptors (Lipinski definition) is 5. The van der Waals surface area contributed by atoms with Gasteiger partial charge >= 0.3 is 11.9 Å². The van der Waals surface area contributed by atoms with E-state index in [0.29, 0.717) is 12.2 Å². The van der Waals surface area contributed by atoms with Crippen molar-refractivity contribution in [3.05, 3.63) is 47.0 Å². The molecule has 0 aromatic heterocycles. The highest BCUT2D eigenvalue weighted by Crippen LogP contribution is 2.22. The van der Waals surface area contributed by atoms with Crippen LogP contribution in [0.1, 0.15) is 42.9 Å². The monoisotopic (exact) mass is 418 g/mol. The third-order valence-corrected chi connectivity index (χ3v) is 5.42. The van der Waals surface area contributed by atoms with E-state index in [4.69, 9.17) is 10.2 Å². The minimum Gasteiger partial charge on any atom is -0.478 e. The summed E-state index contributed by atoms with van der Waals surface area (Å²) in [7, 11) is 0. The molecule has 7 nitrogen and oxygen atoms in total. The van der Waals surface area contributed by atoms with Crippen LogP contribution >= 0.6 is 0 Å². The third kappa shape index (κ3) is 9.07. The van der Waals surface area contributed by atoms with Gasteiger partial charge in [0, 0.05) is 51.4 Å². The van der Waals surface area contributed by atoms with Gasteiger partial charge in [-0.2, -0.15) is 0 Å². The summed E-state index contributed by atoms with van der Waals surface area (Å²) in [4.78, 5) is 24.0. The zero-order valence-electron chi connectivity index (χ0n) is 17.8. The quantitative estimate of drug-likeness (QED) is 0.481. The van der Waals surface area contributed by atoms with Crippen LogP contribution in [0.4, 0.5) is 0 Å². The molecule has 0 radical (unpaired) electrons. The standard InChI is InChI=1S/C19H30N2O.C4H4O4/c1-16(22)14-20-9-11-21(12-10-20)15-17-7-8-18-5-3-2-4-6-19(18)13-17;5-3(6)1-2-4(7)8/h7-8,13,16,22H,2-6,9-12,14-15H2,1H3;1-2H,(H,5,6)(H,7,8)/b;2-1-. The number of carbonyl (C=O) groups is 2. The molecule has 1 aliphatic heterocycles. The van der Waals surface area contributed by atoms with Crippen LogP contribution in [-0.2, 0) is 29.0 Å². The molecule has 1 aromatic rings. The Labute approximate surface area is 178 Å². The van der Waals surface area contributed by atoms with Gasteiger partial charge in [-0.25, -0.2) is 9.59 Å². The lowest BCUT2D eigenvalue weighted by molar-refractivity contribution is -0.134. The van der Waals surface area contributed by atoms with Crippen LogP contribution in [0.5, 0.6) is 0 Å². The topological polar surface area (TPSA) is 101 Å². The molecule has 0 saturated carbocycles. The Balaban J connectivity index is 0.000000343. The third-order valence-electron chi connectivity index (χ3n) is 5.42. The molecule has 1 fully saturated rings. The zero-order valence-corrected chi connectivity index (χ0v) is 17.8. The van der Waals surface area contributed by atoms with E-state index >= 15 is 0 Å². The summed E-state index contributed by atoms with van der Waals surface area (Å²) in [6, 6.07) is 7.18. The first-order valence-corrected chi connectivity index (χ1v) is 10.7. The number of aryl methyl sites for hydroxylation is 2. The van der Waals surface area contributed by atoms with Crippen molar-refractivity contribution in [2.24, 2.45) is 0 Å². The summed E-state index contributed by atoms with van der Waals surface area (Å²) < 4.78 is 0. The van der Waals surface area contributed by atoms with E-state index in [1.807, 2.05) is 6.92 Å². The van der Waals surface area contributed by atoms with E-state index in [1.54, 1.807) is 11.1 Å². The predicted molar refractivity (Wildman–Crippen MR) is 116 cm³/mol. The SMILES string of the molecule is CC(O)CN1CCN(Cc2ccc3c(c2)CCCCC3)CC1.O=C(O)/C=C\C(=O)O. The van der Waals surface area contributed by atoms with Crippen LogP contribution in [0, 0.1) is 0 Å². The smallest absolute Gasteiger partial charge is 0.328 e. The molecule has 1 aromatic carbocycles. The number of carboxylic acid groups (broad SMARTS) is 2. The second-order valence-corrected chi connectivity index (χ2v) is 8.10. The van der Waals surface area contributed by atoms with Crippen molar-refractivity contribution in [3.8, 4) is 0 Å². The molecule has 1 heterocycles. The van der Waals surface area contributed by atoms with Crippen molar-refractivity contribution in [1.82, 2.24) is 9.80 Å².